The zero-order valence-corrected chi connectivity index (χ0v) is 42.3. The molecule has 13 nitrogen and oxygen atoms in total. The number of halogens is 4. The van der Waals surface area contributed by atoms with E-state index in [1.165, 1.54) is 0 Å². The van der Waals surface area contributed by atoms with Gasteiger partial charge in [-0.2, -0.15) is 20.4 Å². The molecule has 11 rings (SSSR count). The predicted octanol–water partition coefficient (Wildman–Crippen LogP) is 13.1. The molecule has 0 bridgehead atoms. The Labute approximate surface area is 438 Å². The molecule has 0 atom stereocenters. The molecule has 0 aliphatic carbocycles. The molecule has 17 heteroatoms. The minimum atomic E-state index is 0.242. The summed E-state index contributed by atoms with van der Waals surface area (Å²) in [7, 11) is 0. The van der Waals surface area contributed by atoms with Crippen molar-refractivity contribution in [3.8, 4) is 30.4 Å². The van der Waals surface area contributed by atoms with Gasteiger partial charge in [0.05, 0.1) is 47.0 Å². The van der Waals surface area contributed by atoms with Crippen LogP contribution in [0.3, 0.4) is 0 Å². The van der Waals surface area contributed by atoms with Gasteiger partial charge in [0.1, 0.15) is 19.5 Å². The number of terminal acetylenes is 2. The first-order valence-electron chi connectivity index (χ1n) is 22.1. The van der Waals surface area contributed by atoms with E-state index in [1.807, 2.05) is 141 Å². The molecular weight excluding hydrogens is 1030 g/mol. The Morgan fingerprint density at radius 1 is 0.528 bits per heavy atom. The third-order valence-electron chi connectivity index (χ3n) is 10.8. The van der Waals surface area contributed by atoms with Gasteiger partial charge in [-0.1, -0.05) is 178 Å². The Morgan fingerprint density at radius 2 is 0.986 bits per heavy atom. The van der Waals surface area contributed by atoms with E-state index >= 15 is 0 Å². The maximum absolute atomic E-state index is 5.94. The van der Waals surface area contributed by atoms with Crippen LogP contribution in [0.1, 0.15) is 22.8 Å². The smallest absolute Gasteiger partial charge is 0.160 e. The Balaban J connectivity index is 0.000000141. The fraction of sp³-hybridized carbons (Fsp3) is 0.109. The van der Waals surface area contributed by atoms with Gasteiger partial charge in [0, 0.05) is 59.8 Å². The van der Waals surface area contributed by atoms with Gasteiger partial charge in [0.2, 0.25) is 0 Å². The Kier molecular flexibility index (Phi) is 17.6. The minimum Gasteiger partial charge on any atom is -0.362 e. The number of nitrogens with zero attached hydrogens (tertiary/aromatic N) is 10. The van der Waals surface area contributed by atoms with Gasteiger partial charge in [-0.25, -0.2) is 4.98 Å². The molecule has 0 radical (unpaired) electrons. The number of hydrogen-bond donors (Lipinski definition) is 1. The van der Waals surface area contributed by atoms with Gasteiger partial charge >= 0.3 is 0 Å². The second-order valence-electron chi connectivity index (χ2n) is 15.4. The maximum Gasteiger partial charge on any atom is 0.160 e. The third-order valence-corrected chi connectivity index (χ3v) is 12.2. The average molecular weight is 1070 g/mol. The molecule has 0 amide bonds. The van der Waals surface area contributed by atoms with E-state index in [2.05, 4.69) is 102 Å². The molecule has 0 spiro atoms. The molecule has 6 aromatic carbocycles. The highest BCUT2D eigenvalue weighted by Crippen LogP contribution is 2.29. The number of imidazole rings is 1. The largest absolute Gasteiger partial charge is 0.362 e. The molecule has 1 N–H and O–H groups in total. The van der Waals surface area contributed by atoms with Gasteiger partial charge in [-0.05, 0) is 37.3 Å². The first kappa shape index (κ1) is 50.7. The van der Waals surface area contributed by atoms with Crippen LogP contribution >= 0.6 is 50.7 Å². The van der Waals surface area contributed by atoms with Crippen LogP contribution < -0.4 is 5.32 Å². The predicted molar refractivity (Wildman–Crippen MR) is 292 cm³/mol. The van der Waals surface area contributed by atoms with E-state index in [0.717, 1.165) is 88.3 Å². The highest BCUT2D eigenvalue weighted by molar-refractivity contribution is 9.08. The SMILES string of the molecule is C#CCOCc1nnc(Cl)c2ccccc12.C#CCOCc1nnc(Nc2ccc3c(c2)ncn3-c2ccccc2)c2ccccc12.Cc1nnc(Cl)c2ccccc12.Clc1nnc(CBr)c2ccccc12. The van der Waals surface area contributed by atoms with Crippen molar-refractivity contribution in [2.24, 2.45) is 0 Å². The highest BCUT2D eigenvalue weighted by Gasteiger charge is 2.12. The van der Waals surface area contributed by atoms with Crippen LogP contribution in [0.2, 0.25) is 15.5 Å². The molecule has 11 aromatic rings. The second-order valence-corrected chi connectivity index (χ2v) is 17.1. The quantitative estimate of drug-likeness (QED) is 0.0788. The van der Waals surface area contributed by atoms with Crippen molar-refractivity contribution in [3.05, 3.63) is 190 Å². The second kappa shape index (κ2) is 24.9. The van der Waals surface area contributed by atoms with Gasteiger partial charge in [0.25, 0.3) is 0 Å². The molecule has 356 valence electrons. The lowest BCUT2D eigenvalue weighted by atomic mass is 10.1. The van der Waals surface area contributed by atoms with Crippen LogP contribution in [0.5, 0.6) is 0 Å². The monoisotopic (exact) mass is 1070 g/mol. The van der Waals surface area contributed by atoms with Crippen molar-refractivity contribution in [1.29, 1.82) is 0 Å². The number of anilines is 2. The number of nitrogens with one attached hydrogen (secondary N) is 1. The summed E-state index contributed by atoms with van der Waals surface area (Å²) in [6, 6.07) is 47.5. The fourth-order valence-corrected chi connectivity index (χ4v) is 8.48. The van der Waals surface area contributed by atoms with Crippen LogP contribution in [0, 0.1) is 31.6 Å². The molecule has 72 heavy (non-hydrogen) atoms. The van der Waals surface area contributed by atoms with Crippen LogP contribution in [-0.2, 0) is 28.0 Å². The van der Waals surface area contributed by atoms with Crippen molar-refractivity contribution in [2.45, 2.75) is 25.5 Å². The van der Waals surface area contributed by atoms with Crippen LogP contribution in [0.25, 0.3) is 59.8 Å². The third kappa shape index (κ3) is 12.3. The number of ether oxygens (including phenoxy) is 2. The summed E-state index contributed by atoms with van der Waals surface area (Å²) in [5, 5.41) is 45.4. The average Bonchev–Trinajstić information content (AvgIpc) is 3.86. The van der Waals surface area contributed by atoms with E-state index in [0.29, 0.717) is 39.8 Å². The molecule has 0 fully saturated rings. The van der Waals surface area contributed by atoms with Crippen LogP contribution in [0.4, 0.5) is 11.5 Å². The molecule has 0 saturated carbocycles. The molecular formula is C55H41BrCl3N11O2. The van der Waals surface area contributed by atoms with Crippen molar-refractivity contribution < 1.29 is 9.47 Å². The summed E-state index contributed by atoms with van der Waals surface area (Å²) < 4.78 is 12.8. The molecule has 0 unspecified atom stereocenters. The molecule has 0 saturated heterocycles. The number of rotatable bonds is 10. The number of fused-ring (bicyclic) bond motifs is 5. The number of benzene rings is 6. The van der Waals surface area contributed by atoms with Crippen molar-refractivity contribution >= 4 is 116 Å². The minimum absolute atomic E-state index is 0.242. The number of para-hydroxylation sites is 1. The fourth-order valence-electron chi connectivity index (χ4n) is 7.46. The number of aryl methyl sites for hydroxylation is 1. The summed E-state index contributed by atoms with van der Waals surface area (Å²) in [6.07, 6.45) is 12.2. The van der Waals surface area contributed by atoms with E-state index in [1.54, 1.807) is 0 Å². The molecule has 5 heterocycles. The molecule has 0 aliphatic rings. The summed E-state index contributed by atoms with van der Waals surface area (Å²) in [4.78, 5) is 4.57. The maximum atomic E-state index is 5.94. The Morgan fingerprint density at radius 3 is 1.54 bits per heavy atom. The van der Waals surface area contributed by atoms with Crippen molar-refractivity contribution in [2.75, 3.05) is 18.5 Å². The first-order chi connectivity index (χ1) is 35.3. The topological polar surface area (TPSA) is 151 Å². The summed E-state index contributed by atoms with van der Waals surface area (Å²) in [5.74, 6) is 5.55. The van der Waals surface area contributed by atoms with E-state index < -0.39 is 0 Å². The van der Waals surface area contributed by atoms with E-state index in [9.17, 15) is 0 Å². The van der Waals surface area contributed by atoms with Gasteiger partial charge in [0.15, 0.2) is 21.3 Å². The zero-order valence-electron chi connectivity index (χ0n) is 38.4. The first-order valence-corrected chi connectivity index (χ1v) is 24.3. The van der Waals surface area contributed by atoms with Crippen molar-refractivity contribution in [1.82, 2.24) is 50.3 Å². The van der Waals surface area contributed by atoms with E-state index in [4.69, 9.17) is 57.1 Å². The number of aromatic nitrogens is 10. The number of alkyl halides is 1. The lowest BCUT2D eigenvalue weighted by molar-refractivity contribution is 0.151. The zero-order chi connectivity index (χ0) is 50.2. The van der Waals surface area contributed by atoms with Gasteiger partial charge in [-0.15, -0.1) is 33.2 Å². The molecule has 0 aliphatic heterocycles. The normalized spacial score (nSPS) is 10.7. The van der Waals surface area contributed by atoms with Crippen LogP contribution in [-0.4, -0.2) is 63.6 Å². The van der Waals surface area contributed by atoms with E-state index in [-0.39, 0.29) is 13.2 Å². The Hall–Kier alpha value is -7.66. The molecule has 5 aromatic heterocycles. The van der Waals surface area contributed by atoms with Gasteiger partial charge < -0.3 is 14.8 Å². The standard InChI is InChI=1S/C25H19N5O.C12H9ClN2O.C9H6BrClN2.C9H7ClN2/c1-2-14-31-16-23-20-10-6-7-11-21(20)25(29-28-23)27-18-12-13-24-22(15-18)26-17-30(24)19-8-4-3-5-9-19;1-2-7-16-8-11-9-5-3-4-6-10(9)12(13)15-14-11;10-5-8-6-3-1-2-4-7(6)9(11)13-12-8;1-6-7-4-2-3-5-8(7)9(10)12-11-6/h1,3-13,15,17H,14,16H2,(H,27,29);1,3-6H,7-8H2;1-4H,5H2;2-5H,1H3. The lowest BCUT2D eigenvalue weighted by Gasteiger charge is -2.11. The Bertz CT molecular complexity index is 3700. The number of hydrogen-bond acceptors (Lipinski definition) is 12. The van der Waals surface area contributed by atoms with Crippen molar-refractivity contribution in [3.63, 3.8) is 0 Å². The summed E-state index contributed by atoms with van der Waals surface area (Å²) in [5.41, 5.74) is 7.23. The summed E-state index contributed by atoms with van der Waals surface area (Å²) >= 11 is 21.1. The highest BCUT2D eigenvalue weighted by atomic mass is 79.9. The lowest BCUT2D eigenvalue weighted by Crippen LogP contribution is -2.03. The summed E-state index contributed by atoms with van der Waals surface area (Å²) in [6.45, 7) is 3.09. The van der Waals surface area contributed by atoms with Crippen LogP contribution in [0.15, 0.2) is 152 Å². The van der Waals surface area contributed by atoms with Gasteiger partial charge in [-0.3, -0.25) is 4.57 Å².